The molecule has 1 aliphatic rings. The highest BCUT2D eigenvalue weighted by molar-refractivity contribution is 6.30. The van der Waals surface area contributed by atoms with Crippen molar-refractivity contribution in [2.24, 2.45) is 0 Å². The van der Waals surface area contributed by atoms with Crippen LogP contribution in [0.4, 0.5) is 0 Å². The monoisotopic (exact) mass is 304 g/mol. The molecule has 1 aromatic heterocycles. The number of amides is 1. The summed E-state index contributed by atoms with van der Waals surface area (Å²) in [5.41, 5.74) is 0.983. The number of aromatic amines is 1. The van der Waals surface area contributed by atoms with E-state index in [0.29, 0.717) is 10.9 Å². The van der Waals surface area contributed by atoms with Crippen molar-refractivity contribution in [1.82, 2.24) is 20.5 Å². The quantitative estimate of drug-likeness (QED) is 0.891. The Morgan fingerprint density at radius 1 is 1.52 bits per heavy atom. The smallest absolute Gasteiger partial charge is 0.291 e. The van der Waals surface area contributed by atoms with Gasteiger partial charge in [0.2, 0.25) is 5.82 Å². The zero-order valence-corrected chi connectivity index (χ0v) is 12.5. The number of hydrogen-bond acceptors (Lipinski definition) is 3. The third kappa shape index (κ3) is 3.24. The lowest BCUT2D eigenvalue weighted by atomic mass is 10.0. The Hall–Kier alpha value is -1.88. The molecule has 110 valence electrons. The van der Waals surface area contributed by atoms with Gasteiger partial charge in [-0.3, -0.25) is 9.89 Å². The van der Waals surface area contributed by atoms with Gasteiger partial charge in [-0.2, -0.15) is 0 Å². The maximum Gasteiger partial charge on any atom is 0.291 e. The molecule has 0 saturated heterocycles. The van der Waals surface area contributed by atoms with Crippen LogP contribution in [-0.4, -0.2) is 21.1 Å². The first-order valence-corrected chi connectivity index (χ1v) is 7.53. The van der Waals surface area contributed by atoms with Gasteiger partial charge in [0.25, 0.3) is 5.91 Å². The van der Waals surface area contributed by atoms with Crippen molar-refractivity contribution in [3.8, 4) is 0 Å². The molecule has 3 rings (SSSR count). The van der Waals surface area contributed by atoms with Crippen LogP contribution < -0.4 is 5.32 Å². The lowest BCUT2D eigenvalue weighted by molar-refractivity contribution is 0.0925. The van der Waals surface area contributed by atoms with Crippen molar-refractivity contribution in [1.29, 1.82) is 0 Å². The van der Waals surface area contributed by atoms with Crippen LogP contribution in [0.2, 0.25) is 5.02 Å². The fourth-order valence-electron chi connectivity index (χ4n) is 2.28. The van der Waals surface area contributed by atoms with Crippen molar-refractivity contribution < 1.29 is 4.79 Å². The van der Waals surface area contributed by atoms with Gasteiger partial charge in [-0.1, -0.05) is 30.7 Å². The fraction of sp³-hybridized carbons (Fsp3) is 0.400. The lowest BCUT2D eigenvalue weighted by Gasteiger charge is -2.16. The number of carbonyl (C=O) groups excluding carboxylic acids is 1. The van der Waals surface area contributed by atoms with Crippen LogP contribution in [0.1, 0.15) is 60.2 Å². The third-order valence-corrected chi connectivity index (χ3v) is 3.87. The maximum absolute atomic E-state index is 12.2. The minimum atomic E-state index is -0.259. The van der Waals surface area contributed by atoms with Crippen LogP contribution in [0, 0.1) is 0 Å². The van der Waals surface area contributed by atoms with Gasteiger partial charge in [0.05, 0.1) is 6.04 Å². The normalized spacial score (nSPS) is 15.7. The van der Waals surface area contributed by atoms with Gasteiger partial charge < -0.3 is 5.32 Å². The summed E-state index contributed by atoms with van der Waals surface area (Å²) >= 11 is 6.00. The molecule has 0 bridgehead atoms. The van der Waals surface area contributed by atoms with Gasteiger partial charge in [-0.05, 0) is 37.0 Å². The molecule has 1 saturated carbocycles. The molecule has 1 heterocycles. The molecule has 21 heavy (non-hydrogen) atoms. The van der Waals surface area contributed by atoms with E-state index in [0.717, 1.165) is 30.7 Å². The Bertz CT molecular complexity index is 651. The van der Waals surface area contributed by atoms with Crippen molar-refractivity contribution >= 4 is 17.5 Å². The Morgan fingerprint density at radius 3 is 3.00 bits per heavy atom. The van der Waals surface area contributed by atoms with E-state index in [9.17, 15) is 4.79 Å². The molecular weight excluding hydrogens is 288 g/mol. The first kappa shape index (κ1) is 14.1. The summed E-state index contributed by atoms with van der Waals surface area (Å²) in [6, 6.07) is 7.41. The summed E-state index contributed by atoms with van der Waals surface area (Å²) in [5.74, 6) is 1.22. The molecular formula is C15H17ClN4O. The minimum Gasteiger partial charge on any atom is -0.342 e. The predicted molar refractivity (Wildman–Crippen MR) is 80.3 cm³/mol. The van der Waals surface area contributed by atoms with Gasteiger partial charge in [0, 0.05) is 10.9 Å². The maximum atomic E-state index is 12.2. The number of aromatic nitrogens is 3. The summed E-state index contributed by atoms with van der Waals surface area (Å²) < 4.78 is 0. The molecule has 0 spiro atoms. The summed E-state index contributed by atoms with van der Waals surface area (Å²) in [6.45, 7) is 2.01. The van der Waals surface area contributed by atoms with Crippen LogP contribution >= 0.6 is 11.6 Å². The van der Waals surface area contributed by atoms with Crippen molar-refractivity contribution in [2.75, 3.05) is 0 Å². The Labute approximate surface area is 128 Å². The topological polar surface area (TPSA) is 70.7 Å². The average Bonchev–Trinajstić information content (AvgIpc) is 3.22. The van der Waals surface area contributed by atoms with Gasteiger partial charge >= 0.3 is 0 Å². The standard InChI is InChI=1S/C15H17ClN4O/c1-2-12(10-4-3-5-11(16)8-10)17-15(21)14-18-13(19-20-14)9-6-7-9/h3-5,8-9,12H,2,6-7H2,1H3,(H,17,21)(H,18,19,20). The number of H-pyrrole nitrogens is 1. The predicted octanol–water partition coefficient (Wildman–Crippen LogP) is 3.22. The second-order valence-corrected chi connectivity index (χ2v) is 5.74. The van der Waals surface area contributed by atoms with Crippen LogP contribution in [0.3, 0.4) is 0 Å². The van der Waals surface area contributed by atoms with E-state index < -0.39 is 0 Å². The highest BCUT2D eigenvalue weighted by atomic mass is 35.5. The van der Waals surface area contributed by atoms with Gasteiger partial charge in [-0.15, -0.1) is 5.10 Å². The molecule has 1 aliphatic carbocycles. The number of carbonyl (C=O) groups is 1. The number of halogens is 1. The minimum absolute atomic E-state index is 0.0981. The molecule has 2 N–H and O–H groups in total. The molecule has 1 atom stereocenters. The van der Waals surface area contributed by atoms with Crippen LogP contribution in [0.15, 0.2) is 24.3 Å². The number of hydrogen-bond donors (Lipinski definition) is 2. The van der Waals surface area contributed by atoms with E-state index in [1.54, 1.807) is 0 Å². The number of nitrogens with zero attached hydrogens (tertiary/aromatic N) is 2. The van der Waals surface area contributed by atoms with Crippen LogP contribution in [-0.2, 0) is 0 Å². The van der Waals surface area contributed by atoms with Gasteiger partial charge in [0.15, 0.2) is 0 Å². The van der Waals surface area contributed by atoms with Gasteiger partial charge in [0.1, 0.15) is 5.82 Å². The second-order valence-electron chi connectivity index (χ2n) is 5.31. The fourth-order valence-corrected chi connectivity index (χ4v) is 2.48. The van der Waals surface area contributed by atoms with Crippen LogP contribution in [0.5, 0.6) is 0 Å². The van der Waals surface area contributed by atoms with Crippen molar-refractivity contribution in [3.05, 3.63) is 46.5 Å². The largest absolute Gasteiger partial charge is 0.342 e. The molecule has 0 radical (unpaired) electrons. The highest BCUT2D eigenvalue weighted by Crippen LogP contribution is 2.37. The zero-order chi connectivity index (χ0) is 14.8. The second kappa shape index (κ2) is 5.85. The summed E-state index contributed by atoms with van der Waals surface area (Å²) in [7, 11) is 0. The SMILES string of the molecule is CCC(NC(=O)c1n[nH]c(C2CC2)n1)c1cccc(Cl)c1. The molecule has 2 aromatic rings. The molecule has 0 aliphatic heterocycles. The van der Waals surface area contributed by atoms with E-state index in [4.69, 9.17) is 11.6 Å². The Kier molecular flexibility index (Phi) is 3.92. The molecule has 1 fully saturated rings. The first-order valence-electron chi connectivity index (χ1n) is 7.16. The Balaban J connectivity index is 1.71. The molecule has 6 heteroatoms. The van der Waals surface area contributed by atoms with E-state index in [1.807, 2.05) is 31.2 Å². The van der Waals surface area contributed by atoms with E-state index in [-0.39, 0.29) is 17.8 Å². The summed E-state index contributed by atoms with van der Waals surface area (Å²) in [5, 5.41) is 10.5. The lowest BCUT2D eigenvalue weighted by Crippen LogP contribution is -2.29. The van der Waals surface area contributed by atoms with Crippen LogP contribution in [0.25, 0.3) is 0 Å². The van der Waals surface area contributed by atoms with Crippen molar-refractivity contribution in [3.63, 3.8) is 0 Å². The summed E-state index contributed by atoms with van der Waals surface area (Å²) in [4.78, 5) is 16.5. The molecule has 1 amide bonds. The van der Waals surface area contributed by atoms with E-state index in [1.165, 1.54) is 0 Å². The average molecular weight is 305 g/mol. The van der Waals surface area contributed by atoms with E-state index >= 15 is 0 Å². The molecule has 1 aromatic carbocycles. The highest BCUT2D eigenvalue weighted by Gasteiger charge is 2.28. The summed E-state index contributed by atoms with van der Waals surface area (Å²) in [6.07, 6.45) is 3.01. The molecule has 5 nitrogen and oxygen atoms in total. The van der Waals surface area contributed by atoms with Crippen molar-refractivity contribution in [2.45, 2.75) is 38.1 Å². The number of rotatable bonds is 5. The van der Waals surface area contributed by atoms with Gasteiger partial charge in [-0.25, -0.2) is 4.98 Å². The zero-order valence-electron chi connectivity index (χ0n) is 11.8. The first-order chi connectivity index (χ1) is 10.2. The number of nitrogens with one attached hydrogen (secondary N) is 2. The number of benzene rings is 1. The Morgan fingerprint density at radius 2 is 2.33 bits per heavy atom. The molecule has 1 unspecified atom stereocenters. The van der Waals surface area contributed by atoms with E-state index in [2.05, 4.69) is 20.5 Å². The third-order valence-electron chi connectivity index (χ3n) is 3.63.